The Balaban J connectivity index is -0.00000116. The third-order valence-corrected chi connectivity index (χ3v) is 14.3. The van der Waals surface area contributed by atoms with E-state index >= 15 is 0 Å². The largest absolute Gasteiger partial charge is 1.00 e. The predicted molar refractivity (Wildman–Crippen MR) is 361 cm³/mol. The molecule has 2 aromatic heterocycles. The number of halogens is 10. The zero-order valence-electron chi connectivity index (χ0n) is 54.3. The van der Waals surface area contributed by atoms with Gasteiger partial charge in [0.25, 0.3) is 18.3 Å². The summed E-state index contributed by atoms with van der Waals surface area (Å²) < 4.78 is 56.0. The molecule has 0 aliphatic heterocycles. The number of aromatic nitrogens is 4. The van der Waals surface area contributed by atoms with Gasteiger partial charge in [-0.1, -0.05) is 163 Å². The molecule has 0 aliphatic rings. The number of alkyl halides is 2. The quantitative estimate of drug-likeness (QED) is 0.0120. The number of benzene rings is 6. The SMILES string of the molecule is CN.CN(CC(=O)NCc1cccc(Cl)c1F)C(=O)Cn1nc(C(N)=O)c2ccccc21.CNCC(=O)CCc1cccc(Cl)c1F.NC(=O)c1nn(CC(=O)O)c2ccccc12.NCc1cccc(Cl)c1F.O=C(CBr)CCc1cccc(Cl)c1F.O=C(O)CBr.O=CO[O-].[H-].[K+].[K+]. The summed E-state index contributed by atoms with van der Waals surface area (Å²) in [6, 6.07) is 32.7. The van der Waals surface area contributed by atoms with Crippen molar-refractivity contribution in [1.29, 1.82) is 0 Å². The van der Waals surface area contributed by atoms with E-state index in [1.807, 2.05) is 0 Å². The fourth-order valence-corrected chi connectivity index (χ4v) is 8.62. The monoisotopic (exact) mass is 1630 g/mol. The molecule has 0 radical (unpaired) electrons. The van der Waals surface area contributed by atoms with Crippen LogP contribution < -0.4 is 142 Å². The number of para-hydroxylation sites is 2. The second-order valence-electron chi connectivity index (χ2n) is 18.7. The average molecular weight is 1630 g/mol. The van der Waals surface area contributed by atoms with Crippen molar-refractivity contribution in [3.63, 3.8) is 0 Å². The number of likely N-dealkylation sites (N-methyl/N-ethyl adjacent to an activating group) is 2. The van der Waals surface area contributed by atoms with Crippen molar-refractivity contribution in [2.24, 2.45) is 22.9 Å². The van der Waals surface area contributed by atoms with E-state index in [1.165, 1.54) is 58.7 Å². The number of carbonyl (C=O) groups is 9. The Hall–Kier alpha value is -5.16. The van der Waals surface area contributed by atoms with E-state index in [4.69, 9.17) is 83.9 Å². The number of carboxylic acid groups (broad SMARTS) is 2. The van der Waals surface area contributed by atoms with Gasteiger partial charge in [-0.15, -0.1) is 0 Å². The fourth-order valence-electron chi connectivity index (χ4n) is 7.56. The van der Waals surface area contributed by atoms with Gasteiger partial charge < -0.3 is 60.3 Å². The topological polar surface area (TPSA) is 393 Å². The number of hydrogen-bond acceptors (Lipinski definition) is 16. The van der Waals surface area contributed by atoms with E-state index in [2.05, 4.69) is 63.3 Å². The molecule has 0 saturated carbocycles. The molecule has 0 atom stereocenters. The Morgan fingerprint density at radius 3 is 1.34 bits per heavy atom. The van der Waals surface area contributed by atoms with E-state index < -0.39 is 58.8 Å². The standard InChI is InChI=1S/C20H19ClFN5O3.C11H13ClFNO.C10H9BrClFO.C10H9N3O3.C7H7ClFN.C2H3BrO2.CH5N.CH2O3.2K.H/c1-26(10-16(28)24-9-12-5-4-7-14(21)18(12)22)17(29)11-27-15-8-3-2-6-13(15)19(25-27)20(23)30;1-14-7-9(15)6-5-8-3-2-4-10(12)11(8)13;11-6-8(14)5-4-7-2-1-3-9(12)10(7)13;11-10(16)9-6-3-1-2-4-7(6)13(12-9)5-8(14)15;8-6-3-1-2-5(4-10)7(6)9;3-1-2(4)5;1-2;2-1-4-3;;;/h2-8H,9-11H2,1H3,(H2,23,30)(H,24,28);2-4,14H,5-7H2,1H3;1-3H,4-6H2;1-4H,5H2,(H2,11,16)(H,14,15);1-3H,4,10H2;1H2,(H,4,5);2H2,1H3;1,3H;;;/q;;;;;;;;2*+1;-1/p-1. The number of Topliss-reactive ketones (excluding diaryl/α,β-unsaturated/α-hetero) is 2. The van der Waals surface area contributed by atoms with Gasteiger partial charge in [0, 0.05) is 54.9 Å². The summed E-state index contributed by atoms with van der Waals surface area (Å²) in [4.78, 5) is 102. The fraction of sp³-hybridized carbons (Fsp3) is 0.242. The van der Waals surface area contributed by atoms with Crippen molar-refractivity contribution in [1.82, 2.24) is 35.1 Å². The maximum Gasteiger partial charge on any atom is 1.00 e. The van der Waals surface area contributed by atoms with Crippen molar-refractivity contribution < 1.29 is 185 Å². The minimum absolute atomic E-state index is 0. The van der Waals surface area contributed by atoms with Gasteiger partial charge in [-0.3, -0.25) is 52.5 Å². The van der Waals surface area contributed by atoms with Crippen molar-refractivity contribution in [3.8, 4) is 0 Å². The van der Waals surface area contributed by atoms with E-state index in [9.17, 15) is 55.9 Å². The molecule has 520 valence electrons. The van der Waals surface area contributed by atoms with Crippen LogP contribution in [0.3, 0.4) is 0 Å². The number of nitrogens with one attached hydrogen (secondary N) is 2. The molecule has 12 N–H and O–H groups in total. The number of carboxylic acids is 2. The number of nitrogens with zero attached hydrogens (tertiary/aromatic N) is 5. The van der Waals surface area contributed by atoms with Crippen LogP contribution in [0.5, 0.6) is 0 Å². The van der Waals surface area contributed by atoms with Crippen LogP contribution in [0.2, 0.25) is 20.1 Å². The number of aryl methyl sites for hydroxylation is 2. The summed E-state index contributed by atoms with van der Waals surface area (Å²) in [5, 5.41) is 39.9. The molecule has 0 aliphatic carbocycles. The zero-order valence-corrected chi connectivity index (χ0v) is 65.8. The van der Waals surface area contributed by atoms with E-state index in [-0.39, 0.29) is 197 Å². The molecular formula is C62H67Br2Cl4F4K2N11O13. The number of rotatable bonds is 22. The van der Waals surface area contributed by atoms with Gasteiger partial charge in [0.05, 0.1) is 49.5 Å². The smallest absolute Gasteiger partial charge is 1.00 e. The van der Waals surface area contributed by atoms with Crippen LogP contribution in [0.15, 0.2) is 121 Å². The Morgan fingerprint density at radius 1 is 0.612 bits per heavy atom. The summed E-state index contributed by atoms with van der Waals surface area (Å²) in [5.74, 6) is -5.80. The molecule has 8 rings (SSSR count). The minimum Gasteiger partial charge on any atom is -1.00 e. The molecular weight excluding hydrogens is 1560 g/mol. The number of carbonyl (C=O) groups excluding carboxylic acids is 7. The Labute approximate surface area is 683 Å². The molecule has 6 aromatic carbocycles. The number of primary amides is 2. The molecule has 0 unspecified atom stereocenters. The van der Waals surface area contributed by atoms with Gasteiger partial charge in [-0.25, -0.2) is 17.6 Å². The van der Waals surface area contributed by atoms with Crippen LogP contribution >= 0.6 is 78.3 Å². The van der Waals surface area contributed by atoms with Gasteiger partial charge in [-0.2, -0.15) is 10.2 Å². The first-order valence-electron chi connectivity index (χ1n) is 27.6. The number of hydrogen-bond donors (Lipinski definition) is 8. The average Bonchev–Trinajstić information content (AvgIpc) is 1.66. The van der Waals surface area contributed by atoms with Gasteiger partial charge >= 0.3 is 115 Å². The number of amides is 4. The number of ketones is 2. The normalized spacial score (nSPS) is 9.71. The maximum atomic E-state index is 13.9. The second-order valence-corrected chi connectivity index (χ2v) is 21.5. The molecule has 4 amide bonds. The molecule has 36 heteroatoms. The van der Waals surface area contributed by atoms with Gasteiger partial charge in [0.1, 0.15) is 53.3 Å². The number of nitrogens with two attached hydrogens (primary N) is 4. The van der Waals surface area contributed by atoms with Crippen molar-refractivity contribution in [3.05, 3.63) is 198 Å². The first-order chi connectivity index (χ1) is 45.6. The third kappa shape index (κ3) is 34.5. The van der Waals surface area contributed by atoms with Crippen LogP contribution in [0.1, 0.15) is 57.5 Å². The van der Waals surface area contributed by atoms with Crippen LogP contribution in [0, 0.1) is 23.3 Å². The molecule has 2 heterocycles. The van der Waals surface area contributed by atoms with E-state index in [0.717, 1.165) is 0 Å². The summed E-state index contributed by atoms with van der Waals surface area (Å²) in [6.07, 6.45) is 1.46. The molecule has 8 aromatic rings. The summed E-state index contributed by atoms with van der Waals surface area (Å²) in [7, 11) is 4.67. The van der Waals surface area contributed by atoms with Crippen LogP contribution in [0.4, 0.5) is 17.6 Å². The van der Waals surface area contributed by atoms with Gasteiger partial charge in [0.2, 0.25) is 11.8 Å². The summed E-state index contributed by atoms with van der Waals surface area (Å²) in [6.45, 7) is -0.440. The van der Waals surface area contributed by atoms with E-state index in [0.29, 0.717) is 76.1 Å². The first kappa shape index (κ1) is 94.9. The molecule has 0 saturated heterocycles. The number of aliphatic carboxylic acids is 2. The molecule has 0 bridgehead atoms. The van der Waals surface area contributed by atoms with Crippen molar-refractivity contribution in [2.45, 2.75) is 51.9 Å². The van der Waals surface area contributed by atoms with Crippen LogP contribution in [0.25, 0.3) is 21.8 Å². The van der Waals surface area contributed by atoms with Gasteiger partial charge in [0.15, 0.2) is 11.4 Å². The van der Waals surface area contributed by atoms with Crippen molar-refractivity contribution in [2.75, 3.05) is 44.9 Å². The Kier molecular flexibility index (Phi) is 51.1. The summed E-state index contributed by atoms with van der Waals surface area (Å²) >= 11 is 28.2. The first-order valence-corrected chi connectivity index (χ1v) is 31.3. The number of fused-ring (bicyclic) bond motifs is 2. The molecule has 0 spiro atoms. The Morgan fingerprint density at radius 2 is 0.980 bits per heavy atom. The van der Waals surface area contributed by atoms with Crippen LogP contribution in [-0.2, 0) is 77.5 Å². The molecule has 24 nitrogen and oxygen atoms in total. The van der Waals surface area contributed by atoms with Crippen molar-refractivity contribution >= 4 is 154 Å². The van der Waals surface area contributed by atoms with Gasteiger partial charge in [-0.05, 0) is 74.5 Å². The second kappa shape index (κ2) is 52.8. The van der Waals surface area contributed by atoms with Crippen LogP contribution in [-0.4, -0.2) is 133 Å². The Bertz CT molecular complexity index is 3920. The minimum atomic E-state index is -1.02. The maximum absolute atomic E-state index is 13.9. The van der Waals surface area contributed by atoms with E-state index in [1.54, 1.807) is 98.0 Å². The predicted octanol–water partition coefficient (Wildman–Crippen LogP) is 2.03. The molecule has 0 fully saturated rings. The summed E-state index contributed by atoms with van der Waals surface area (Å²) in [5.41, 5.74) is 23.2. The third-order valence-electron chi connectivity index (χ3n) is 12.0. The molecule has 98 heavy (non-hydrogen) atoms. The zero-order chi connectivity index (χ0) is 72.6.